The summed E-state index contributed by atoms with van der Waals surface area (Å²) in [5, 5.41) is 3.22. The number of hydrogen-bond donors (Lipinski definition) is 1. The van der Waals surface area contributed by atoms with Gasteiger partial charge in [-0.05, 0) is 28.8 Å². The van der Waals surface area contributed by atoms with E-state index in [1.807, 2.05) is 6.07 Å². The molecular formula is C12H18BrN3O. The Kier molecular flexibility index (Phi) is 5.19. The monoisotopic (exact) mass is 299 g/mol. The van der Waals surface area contributed by atoms with Crippen LogP contribution in [0, 0.1) is 0 Å². The molecule has 0 amide bonds. The number of nitrogens with zero attached hydrogens (tertiary/aromatic N) is 2. The van der Waals surface area contributed by atoms with Crippen molar-refractivity contribution in [3.8, 4) is 0 Å². The number of rotatable bonds is 5. The molecule has 0 unspecified atom stereocenters. The van der Waals surface area contributed by atoms with Crippen LogP contribution in [-0.4, -0.2) is 29.2 Å². The minimum atomic E-state index is 0.475. The number of ether oxygens (including phenoxy) is 1. The molecule has 2 rings (SSSR count). The highest BCUT2D eigenvalue weighted by molar-refractivity contribution is 9.10. The summed E-state index contributed by atoms with van der Waals surface area (Å²) in [5.41, 5.74) is 0. The Balaban J connectivity index is 1.62. The molecule has 0 atom stereocenters. The van der Waals surface area contributed by atoms with Crippen molar-refractivity contribution < 1.29 is 4.74 Å². The van der Waals surface area contributed by atoms with Gasteiger partial charge in [0.2, 0.25) is 0 Å². The molecule has 0 radical (unpaired) electrons. The van der Waals surface area contributed by atoms with Gasteiger partial charge in [-0.15, -0.1) is 0 Å². The summed E-state index contributed by atoms with van der Waals surface area (Å²) in [7, 11) is 0. The maximum atomic E-state index is 5.82. The molecule has 0 spiro atoms. The van der Waals surface area contributed by atoms with Crippen molar-refractivity contribution in [3.63, 3.8) is 0 Å². The third-order valence-electron chi connectivity index (χ3n) is 2.95. The van der Waals surface area contributed by atoms with E-state index in [1.54, 1.807) is 0 Å². The van der Waals surface area contributed by atoms with Crippen molar-refractivity contribution in [2.45, 2.75) is 38.2 Å². The molecule has 1 aromatic heterocycles. The van der Waals surface area contributed by atoms with Crippen LogP contribution in [0.4, 0.5) is 5.82 Å². The summed E-state index contributed by atoms with van der Waals surface area (Å²) < 4.78 is 6.61. The van der Waals surface area contributed by atoms with Crippen LogP contribution in [0.25, 0.3) is 0 Å². The lowest BCUT2D eigenvalue weighted by Crippen LogP contribution is -2.20. The van der Waals surface area contributed by atoms with E-state index in [1.165, 1.54) is 38.4 Å². The van der Waals surface area contributed by atoms with E-state index >= 15 is 0 Å². The van der Waals surface area contributed by atoms with Crippen LogP contribution >= 0.6 is 15.9 Å². The van der Waals surface area contributed by atoms with E-state index in [9.17, 15) is 0 Å². The minimum absolute atomic E-state index is 0.475. The van der Waals surface area contributed by atoms with Crippen LogP contribution in [-0.2, 0) is 4.74 Å². The summed E-state index contributed by atoms with van der Waals surface area (Å²) in [5.74, 6) is 0.833. The number of hydrogen-bond acceptors (Lipinski definition) is 4. The molecule has 1 N–H and O–H groups in total. The molecule has 4 nitrogen and oxygen atoms in total. The maximum absolute atomic E-state index is 5.82. The predicted octanol–water partition coefficient (Wildman–Crippen LogP) is 3.00. The molecule has 5 heteroatoms. The fraction of sp³-hybridized carbons (Fsp3) is 0.667. The van der Waals surface area contributed by atoms with Gasteiger partial charge in [0, 0.05) is 12.6 Å². The average molecular weight is 300 g/mol. The first kappa shape index (κ1) is 12.8. The molecule has 0 aliphatic heterocycles. The van der Waals surface area contributed by atoms with Gasteiger partial charge in [0.05, 0.1) is 12.7 Å². The Hall–Kier alpha value is -0.680. The third kappa shape index (κ3) is 4.60. The molecule has 94 valence electrons. The second-order valence-electron chi connectivity index (χ2n) is 4.28. The lowest BCUT2D eigenvalue weighted by atomic mass is 9.98. The molecule has 17 heavy (non-hydrogen) atoms. The summed E-state index contributed by atoms with van der Waals surface area (Å²) >= 11 is 3.31. The zero-order chi connectivity index (χ0) is 11.9. The summed E-state index contributed by atoms with van der Waals surface area (Å²) in [6.07, 6.45) is 8.45. The standard InChI is InChI=1S/C12H18BrN3O/c13-11-8-12(16-9-15-11)14-6-7-17-10-4-2-1-3-5-10/h8-10H,1-7H2,(H,14,15,16). The van der Waals surface area contributed by atoms with Crippen molar-refractivity contribution in [1.29, 1.82) is 0 Å². The average Bonchev–Trinajstić information content (AvgIpc) is 2.36. The largest absolute Gasteiger partial charge is 0.376 e. The molecular weight excluding hydrogens is 282 g/mol. The zero-order valence-electron chi connectivity index (χ0n) is 9.86. The number of aromatic nitrogens is 2. The molecule has 1 heterocycles. The van der Waals surface area contributed by atoms with Gasteiger partial charge in [-0.2, -0.15) is 0 Å². The minimum Gasteiger partial charge on any atom is -0.376 e. The first-order valence-electron chi connectivity index (χ1n) is 6.17. The van der Waals surface area contributed by atoms with Gasteiger partial charge in [0.25, 0.3) is 0 Å². The smallest absolute Gasteiger partial charge is 0.130 e. The SMILES string of the molecule is Brc1cc(NCCOC2CCCCC2)ncn1. The lowest BCUT2D eigenvalue weighted by Gasteiger charge is -2.22. The van der Waals surface area contributed by atoms with Gasteiger partial charge < -0.3 is 10.1 Å². The van der Waals surface area contributed by atoms with E-state index in [-0.39, 0.29) is 0 Å². The highest BCUT2D eigenvalue weighted by Crippen LogP contribution is 2.20. The molecule has 1 aliphatic rings. The molecule has 0 saturated heterocycles. The Morgan fingerprint density at radius 3 is 2.88 bits per heavy atom. The molecule has 1 aliphatic carbocycles. The molecule has 1 saturated carbocycles. The fourth-order valence-electron chi connectivity index (χ4n) is 2.07. The van der Waals surface area contributed by atoms with E-state index in [2.05, 4.69) is 31.2 Å². The quantitative estimate of drug-likeness (QED) is 0.671. The number of anilines is 1. The number of halogens is 1. The van der Waals surface area contributed by atoms with Crippen molar-refractivity contribution in [1.82, 2.24) is 9.97 Å². The number of nitrogens with one attached hydrogen (secondary N) is 1. The zero-order valence-corrected chi connectivity index (χ0v) is 11.4. The second kappa shape index (κ2) is 6.91. The second-order valence-corrected chi connectivity index (χ2v) is 5.10. The molecule has 0 aromatic carbocycles. The maximum Gasteiger partial charge on any atom is 0.130 e. The Labute approximate surface area is 110 Å². The van der Waals surface area contributed by atoms with Crippen molar-refractivity contribution in [2.24, 2.45) is 0 Å². The lowest BCUT2D eigenvalue weighted by molar-refractivity contribution is 0.0347. The van der Waals surface area contributed by atoms with Gasteiger partial charge >= 0.3 is 0 Å². The van der Waals surface area contributed by atoms with Crippen molar-refractivity contribution in [3.05, 3.63) is 17.0 Å². The Bertz CT molecular complexity index is 342. The first-order valence-corrected chi connectivity index (χ1v) is 6.97. The normalized spacial score (nSPS) is 17.0. The fourth-order valence-corrected chi connectivity index (χ4v) is 2.38. The highest BCUT2D eigenvalue weighted by atomic mass is 79.9. The van der Waals surface area contributed by atoms with Crippen molar-refractivity contribution in [2.75, 3.05) is 18.5 Å². The highest BCUT2D eigenvalue weighted by Gasteiger charge is 2.12. The van der Waals surface area contributed by atoms with Crippen LogP contribution < -0.4 is 5.32 Å². The summed E-state index contributed by atoms with van der Waals surface area (Å²) in [6, 6.07) is 1.86. The van der Waals surface area contributed by atoms with Crippen LogP contribution in [0.3, 0.4) is 0 Å². The van der Waals surface area contributed by atoms with Crippen molar-refractivity contribution >= 4 is 21.7 Å². The third-order valence-corrected chi connectivity index (χ3v) is 3.38. The van der Waals surface area contributed by atoms with Crippen LogP contribution in [0.1, 0.15) is 32.1 Å². The summed E-state index contributed by atoms with van der Waals surface area (Å²) in [4.78, 5) is 8.09. The van der Waals surface area contributed by atoms with E-state index in [0.717, 1.165) is 23.6 Å². The molecule has 0 bridgehead atoms. The first-order chi connectivity index (χ1) is 8.34. The Morgan fingerprint density at radius 2 is 2.12 bits per heavy atom. The van der Waals surface area contributed by atoms with Crippen LogP contribution in [0.2, 0.25) is 0 Å². The van der Waals surface area contributed by atoms with Gasteiger partial charge in [0.15, 0.2) is 0 Å². The van der Waals surface area contributed by atoms with Gasteiger partial charge in [-0.1, -0.05) is 19.3 Å². The topological polar surface area (TPSA) is 47.0 Å². The van der Waals surface area contributed by atoms with Crippen LogP contribution in [0.5, 0.6) is 0 Å². The van der Waals surface area contributed by atoms with Gasteiger partial charge in [-0.3, -0.25) is 0 Å². The Morgan fingerprint density at radius 1 is 1.29 bits per heavy atom. The van der Waals surface area contributed by atoms with E-state index in [4.69, 9.17) is 4.74 Å². The summed E-state index contributed by atoms with van der Waals surface area (Å²) in [6.45, 7) is 1.53. The van der Waals surface area contributed by atoms with Gasteiger partial charge in [-0.25, -0.2) is 9.97 Å². The van der Waals surface area contributed by atoms with Crippen LogP contribution in [0.15, 0.2) is 17.0 Å². The molecule has 1 aromatic rings. The predicted molar refractivity (Wildman–Crippen MR) is 71.0 cm³/mol. The van der Waals surface area contributed by atoms with E-state index < -0.39 is 0 Å². The molecule has 1 fully saturated rings. The van der Waals surface area contributed by atoms with Gasteiger partial charge in [0.1, 0.15) is 16.7 Å². The van der Waals surface area contributed by atoms with E-state index in [0.29, 0.717) is 6.10 Å².